The number of amides is 4. The van der Waals surface area contributed by atoms with Crippen LogP contribution in [0.2, 0.25) is 0 Å². The van der Waals surface area contributed by atoms with Crippen molar-refractivity contribution in [2.75, 3.05) is 25.0 Å². The Balaban J connectivity index is 1.19. The Morgan fingerprint density at radius 3 is 2.39 bits per heavy atom. The van der Waals surface area contributed by atoms with Gasteiger partial charge in [0.25, 0.3) is 0 Å². The van der Waals surface area contributed by atoms with Crippen molar-refractivity contribution in [3.05, 3.63) is 65.7 Å². The lowest BCUT2D eigenvalue weighted by Gasteiger charge is -2.40. The fourth-order valence-electron chi connectivity index (χ4n) is 5.51. The standard InChI is InChI=1S/C30H38N4O3S/c1-30(2,3)15-18-33-27(36)25(38-28(33)21-9-5-4-6-10-21)19-26(35)32-16-13-23(14-17-32)34-20-22-11-7-8-12-24(22)31-29(34)37/h4-12,23,25,28H,13-20H2,1-3H3,(H,31,37). The third kappa shape index (κ3) is 5.85. The summed E-state index contributed by atoms with van der Waals surface area (Å²) in [5, 5.41) is 2.57. The molecule has 3 aliphatic rings. The van der Waals surface area contributed by atoms with E-state index in [0.29, 0.717) is 26.2 Å². The van der Waals surface area contributed by atoms with Gasteiger partial charge in [-0.15, -0.1) is 11.8 Å². The quantitative estimate of drug-likeness (QED) is 0.532. The molecule has 2 aromatic carbocycles. The molecule has 2 atom stereocenters. The Bertz CT molecular complexity index is 1170. The summed E-state index contributed by atoms with van der Waals surface area (Å²) in [5.74, 6) is 0.104. The monoisotopic (exact) mass is 534 g/mol. The molecule has 3 heterocycles. The predicted molar refractivity (Wildman–Crippen MR) is 152 cm³/mol. The van der Waals surface area contributed by atoms with Gasteiger partial charge in [-0.05, 0) is 41.9 Å². The van der Waals surface area contributed by atoms with Crippen molar-refractivity contribution >= 4 is 35.3 Å². The molecular formula is C30H38N4O3S. The summed E-state index contributed by atoms with van der Waals surface area (Å²) in [5.41, 5.74) is 3.23. The molecule has 8 heteroatoms. The maximum absolute atomic E-state index is 13.5. The summed E-state index contributed by atoms with van der Waals surface area (Å²) < 4.78 is 0. The number of rotatable bonds is 6. The highest BCUT2D eigenvalue weighted by Crippen LogP contribution is 2.45. The summed E-state index contributed by atoms with van der Waals surface area (Å²) in [6.45, 7) is 9.07. The number of hydrogen-bond donors (Lipinski definition) is 1. The summed E-state index contributed by atoms with van der Waals surface area (Å²) in [6.07, 6.45) is 2.63. The van der Waals surface area contributed by atoms with E-state index in [9.17, 15) is 14.4 Å². The van der Waals surface area contributed by atoms with E-state index < -0.39 is 0 Å². The number of carbonyl (C=O) groups excluding carboxylic acids is 3. The van der Waals surface area contributed by atoms with Crippen LogP contribution in [0.25, 0.3) is 0 Å². The largest absolute Gasteiger partial charge is 0.342 e. The first-order valence-corrected chi connectivity index (χ1v) is 14.6. The van der Waals surface area contributed by atoms with Gasteiger partial charge >= 0.3 is 6.03 Å². The Morgan fingerprint density at radius 2 is 1.68 bits per heavy atom. The van der Waals surface area contributed by atoms with Gasteiger partial charge in [0.15, 0.2) is 0 Å². The normalized spacial score (nSPS) is 22.4. The molecule has 1 N–H and O–H groups in total. The zero-order chi connectivity index (χ0) is 26.9. The van der Waals surface area contributed by atoms with Crippen LogP contribution in [0.5, 0.6) is 0 Å². The van der Waals surface area contributed by atoms with Gasteiger partial charge in [0.1, 0.15) is 5.37 Å². The first kappa shape index (κ1) is 26.6. The van der Waals surface area contributed by atoms with E-state index >= 15 is 0 Å². The van der Waals surface area contributed by atoms with Gasteiger partial charge in [0.05, 0.1) is 5.25 Å². The number of benzene rings is 2. The third-order valence-corrected chi connectivity index (χ3v) is 9.28. The lowest BCUT2D eigenvalue weighted by Crippen LogP contribution is -2.51. The number of piperidine rings is 1. The van der Waals surface area contributed by atoms with Crippen molar-refractivity contribution in [1.29, 1.82) is 0 Å². The molecule has 0 spiro atoms. The van der Waals surface area contributed by atoms with Gasteiger partial charge in [-0.1, -0.05) is 69.3 Å². The van der Waals surface area contributed by atoms with Crippen molar-refractivity contribution in [2.45, 2.75) is 69.7 Å². The number of thioether (sulfide) groups is 1. The van der Waals surface area contributed by atoms with E-state index in [2.05, 4.69) is 38.2 Å². The van der Waals surface area contributed by atoms with Gasteiger partial charge in [0.2, 0.25) is 11.8 Å². The van der Waals surface area contributed by atoms with Crippen molar-refractivity contribution in [2.24, 2.45) is 5.41 Å². The highest BCUT2D eigenvalue weighted by atomic mass is 32.2. The van der Waals surface area contributed by atoms with Crippen molar-refractivity contribution in [3.63, 3.8) is 0 Å². The van der Waals surface area contributed by atoms with Gasteiger partial charge in [0, 0.05) is 44.3 Å². The number of carbonyl (C=O) groups is 3. The molecule has 0 aromatic heterocycles. The number of likely N-dealkylation sites (tertiary alicyclic amines) is 1. The molecule has 3 aliphatic heterocycles. The second-order valence-corrected chi connectivity index (χ2v) is 13.0. The minimum absolute atomic E-state index is 0.0345. The van der Waals surface area contributed by atoms with E-state index in [1.807, 2.05) is 57.2 Å². The maximum Gasteiger partial charge on any atom is 0.322 e. The molecule has 2 fully saturated rings. The average Bonchev–Trinajstić information content (AvgIpc) is 3.22. The van der Waals surface area contributed by atoms with Crippen LogP contribution in [-0.4, -0.2) is 63.5 Å². The maximum atomic E-state index is 13.5. The first-order valence-electron chi connectivity index (χ1n) is 13.6. The number of fused-ring (bicyclic) bond motifs is 1. The van der Waals surface area contributed by atoms with Crippen LogP contribution in [0.4, 0.5) is 10.5 Å². The molecule has 0 aliphatic carbocycles. The fourth-order valence-corrected chi connectivity index (χ4v) is 6.99. The predicted octanol–water partition coefficient (Wildman–Crippen LogP) is 5.49. The Morgan fingerprint density at radius 1 is 1.00 bits per heavy atom. The molecular weight excluding hydrogens is 496 g/mol. The summed E-state index contributed by atoms with van der Waals surface area (Å²) in [6, 6.07) is 18.1. The van der Waals surface area contributed by atoms with E-state index in [4.69, 9.17) is 0 Å². The molecule has 2 unspecified atom stereocenters. The summed E-state index contributed by atoms with van der Waals surface area (Å²) in [7, 11) is 0. The molecule has 0 bridgehead atoms. The molecule has 4 amide bonds. The molecule has 2 saturated heterocycles. The zero-order valence-electron chi connectivity index (χ0n) is 22.6. The van der Waals surface area contributed by atoms with Crippen LogP contribution in [0.1, 0.15) is 63.0 Å². The van der Waals surface area contributed by atoms with Crippen LogP contribution in [-0.2, 0) is 16.1 Å². The van der Waals surface area contributed by atoms with Crippen LogP contribution in [0, 0.1) is 5.41 Å². The van der Waals surface area contributed by atoms with Gasteiger partial charge in [-0.2, -0.15) is 0 Å². The number of nitrogens with zero attached hydrogens (tertiary/aromatic N) is 3. The lowest BCUT2D eigenvalue weighted by molar-refractivity contribution is -0.137. The molecule has 0 saturated carbocycles. The Hall–Kier alpha value is -3.00. The van der Waals surface area contributed by atoms with Gasteiger partial charge in [-0.25, -0.2) is 4.79 Å². The van der Waals surface area contributed by atoms with Gasteiger partial charge in [-0.3, -0.25) is 9.59 Å². The highest BCUT2D eigenvalue weighted by molar-refractivity contribution is 8.01. The topological polar surface area (TPSA) is 73.0 Å². The zero-order valence-corrected chi connectivity index (χ0v) is 23.4. The molecule has 202 valence electrons. The molecule has 2 aromatic rings. The third-order valence-electron chi connectivity index (χ3n) is 7.80. The second-order valence-electron chi connectivity index (χ2n) is 11.8. The fraction of sp³-hybridized carbons (Fsp3) is 0.500. The Kier molecular flexibility index (Phi) is 7.70. The molecule has 7 nitrogen and oxygen atoms in total. The average molecular weight is 535 g/mol. The minimum Gasteiger partial charge on any atom is -0.342 e. The Labute approximate surface area is 229 Å². The number of hydrogen-bond acceptors (Lipinski definition) is 4. The van der Waals surface area contributed by atoms with E-state index in [0.717, 1.165) is 36.1 Å². The van der Waals surface area contributed by atoms with E-state index in [-0.39, 0.29) is 46.3 Å². The van der Waals surface area contributed by atoms with Crippen LogP contribution in [0.15, 0.2) is 54.6 Å². The molecule has 38 heavy (non-hydrogen) atoms. The van der Waals surface area contributed by atoms with E-state index in [1.54, 1.807) is 11.8 Å². The van der Waals surface area contributed by atoms with Crippen molar-refractivity contribution in [1.82, 2.24) is 14.7 Å². The van der Waals surface area contributed by atoms with Crippen LogP contribution >= 0.6 is 11.8 Å². The number of para-hydroxylation sites is 1. The SMILES string of the molecule is CC(C)(C)CCN1C(=O)C(CC(=O)N2CCC(N3Cc4ccccc4NC3=O)CC2)SC1c1ccccc1. The van der Waals surface area contributed by atoms with Crippen LogP contribution < -0.4 is 5.32 Å². The highest BCUT2D eigenvalue weighted by Gasteiger charge is 2.43. The number of urea groups is 1. The molecule has 0 radical (unpaired) electrons. The first-order chi connectivity index (χ1) is 18.2. The van der Waals surface area contributed by atoms with Gasteiger partial charge < -0.3 is 20.0 Å². The van der Waals surface area contributed by atoms with Crippen LogP contribution in [0.3, 0.4) is 0 Å². The number of anilines is 1. The summed E-state index contributed by atoms with van der Waals surface area (Å²) in [4.78, 5) is 45.3. The summed E-state index contributed by atoms with van der Waals surface area (Å²) >= 11 is 1.61. The smallest absolute Gasteiger partial charge is 0.322 e. The molecule has 5 rings (SSSR count). The lowest BCUT2D eigenvalue weighted by atomic mass is 9.92. The van der Waals surface area contributed by atoms with Crippen molar-refractivity contribution in [3.8, 4) is 0 Å². The number of nitrogens with one attached hydrogen (secondary N) is 1. The van der Waals surface area contributed by atoms with Crippen molar-refractivity contribution < 1.29 is 14.4 Å². The minimum atomic E-state index is -0.366. The second kappa shape index (κ2) is 11.0. The van der Waals surface area contributed by atoms with E-state index in [1.165, 1.54) is 0 Å².